The number of ether oxygens (including phenoxy) is 1. The molecule has 0 saturated carbocycles. The second-order valence-corrected chi connectivity index (χ2v) is 3.84. The molecule has 0 aliphatic carbocycles. The van der Waals surface area contributed by atoms with Gasteiger partial charge in [0.15, 0.2) is 0 Å². The van der Waals surface area contributed by atoms with Crippen LogP contribution in [-0.2, 0) is 9.53 Å². The van der Waals surface area contributed by atoms with Gasteiger partial charge in [-0.1, -0.05) is 32.2 Å². The van der Waals surface area contributed by atoms with Crippen molar-refractivity contribution in [3.05, 3.63) is 36.5 Å². The van der Waals surface area contributed by atoms with Crippen LogP contribution in [0, 0.1) is 0 Å². The summed E-state index contributed by atoms with van der Waals surface area (Å²) in [7, 11) is 0. The van der Waals surface area contributed by atoms with Crippen LogP contribution < -0.4 is 0 Å². The lowest BCUT2D eigenvalue weighted by atomic mass is 9.90. The molecule has 0 spiro atoms. The van der Waals surface area contributed by atoms with E-state index in [4.69, 9.17) is 0 Å². The molecule has 0 bridgehead atoms. The quantitative estimate of drug-likeness (QED) is 0.295. The summed E-state index contributed by atoms with van der Waals surface area (Å²) in [5, 5.41) is 39.1. The van der Waals surface area contributed by atoms with Gasteiger partial charge in [0.2, 0.25) is 0 Å². The number of esters is 1. The highest BCUT2D eigenvalue weighted by molar-refractivity contribution is 5.79. The molecule has 108 valence electrons. The molecule has 19 heavy (non-hydrogen) atoms. The summed E-state index contributed by atoms with van der Waals surface area (Å²) in [5.41, 5.74) is -0.121. The first-order valence-electron chi connectivity index (χ1n) is 5.74. The van der Waals surface area contributed by atoms with Gasteiger partial charge in [-0.05, 0) is 18.9 Å². The van der Waals surface area contributed by atoms with Gasteiger partial charge in [-0.3, -0.25) is 0 Å². The molecule has 0 aromatic carbocycles. The molecule has 0 radical (unpaired) electrons. The van der Waals surface area contributed by atoms with E-state index < -0.39 is 17.5 Å². The molecule has 6 heteroatoms. The van der Waals surface area contributed by atoms with E-state index in [0.717, 1.165) is 6.08 Å². The minimum Gasteiger partial charge on any atom is -0.462 e. The van der Waals surface area contributed by atoms with Crippen LogP contribution in [-0.4, -0.2) is 44.6 Å². The summed E-state index contributed by atoms with van der Waals surface area (Å²) < 4.78 is 4.39. The predicted octanol–water partition coefficient (Wildman–Crippen LogP) is -0.0101. The third-order valence-corrected chi connectivity index (χ3v) is 2.51. The predicted molar refractivity (Wildman–Crippen MR) is 68.7 cm³/mol. The second-order valence-electron chi connectivity index (χ2n) is 3.84. The van der Waals surface area contributed by atoms with Crippen molar-refractivity contribution in [2.75, 3.05) is 6.61 Å². The van der Waals surface area contributed by atoms with Crippen molar-refractivity contribution in [1.82, 2.24) is 0 Å². The van der Waals surface area contributed by atoms with Crippen LogP contribution in [0.3, 0.4) is 0 Å². The third kappa shape index (κ3) is 3.51. The van der Waals surface area contributed by atoms with E-state index >= 15 is 0 Å². The largest absolute Gasteiger partial charge is 0.462 e. The van der Waals surface area contributed by atoms with Gasteiger partial charge in [0.05, 0.1) is 6.61 Å². The summed E-state index contributed by atoms with van der Waals surface area (Å²) in [6.07, 6.45) is 2.65. The Morgan fingerprint density at radius 2 is 1.74 bits per heavy atom. The number of hydrogen-bond acceptors (Lipinski definition) is 6. The highest BCUT2D eigenvalue weighted by atomic mass is 16.6. The van der Waals surface area contributed by atoms with Gasteiger partial charge in [-0.15, -0.1) is 0 Å². The van der Waals surface area contributed by atoms with Gasteiger partial charge in [-0.25, -0.2) is 4.79 Å². The molecule has 0 saturated heterocycles. The molecule has 0 amide bonds. The van der Waals surface area contributed by atoms with Crippen LogP contribution in [0.4, 0.5) is 0 Å². The fraction of sp³-hybridized carbons (Fsp3) is 0.462. The van der Waals surface area contributed by atoms with E-state index in [1.54, 1.807) is 6.92 Å². The minimum atomic E-state index is -3.52. The Bertz CT molecular complexity index is 392. The fourth-order valence-electron chi connectivity index (χ4n) is 1.35. The summed E-state index contributed by atoms with van der Waals surface area (Å²) in [6.45, 7) is 9.91. The Labute approximate surface area is 112 Å². The summed E-state index contributed by atoms with van der Waals surface area (Å²) in [4.78, 5) is 11.4. The Kier molecular flexibility index (Phi) is 6.11. The SMILES string of the molecule is C=CC=C(C(=C)CC)C(O)(O)C(O)(O)C(=O)OCC. The normalized spacial score (nSPS) is 13.1. The van der Waals surface area contributed by atoms with Crippen molar-refractivity contribution in [3.63, 3.8) is 0 Å². The zero-order valence-corrected chi connectivity index (χ0v) is 11.1. The summed E-state index contributed by atoms with van der Waals surface area (Å²) >= 11 is 0. The Balaban J connectivity index is 5.65. The topological polar surface area (TPSA) is 107 Å². The van der Waals surface area contributed by atoms with Crippen molar-refractivity contribution >= 4 is 5.97 Å². The highest BCUT2D eigenvalue weighted by Gasteiger charge is 2.57. The van der Waals surface area contributed by atoms with E-state index in [2.05, 4.69) is 17.9 Å². The zero-order chi connectivity index (χ0) is 15.3. The van der Waals surface area contributed by atoms with Gasteiger partial charge < -0.3 is 25.2 Å². The fourth-order valence-corrected chi connectivity index (χ4v) is 1.35. The van der Waals surface area contributed by atoms with Gasteiger partial charge in [0.1, 0.15) is 0 Å². The smallest absolute Gasteiger partial charge is 0.372 e. The molecule has 0 unspecified atom stereocenters. The lowest BCUT2D eigenvalue weighted by Gasteiger charge is -2.35. The molecule has 0 aliphatic rings. The molecular formula is C13H20O6. The van der Waals surface area contributed by atoms with Crippen LogP contribution in [0.2, 0.25) is 0 Å². The summed E-state index contributed by atoms with van der Waals surface area (Å²) in [6, 6.07) is 0. The van der Waals surface area contributed by atoms with Crippen molar-refractivity contribution in [3.8, 4) is 0 Å². The van der Waals surface area contributed by atoms with E-state index in [-0.39, 0.29) is 17.8 Å². The molecular weight excluding hydrogens is 252 g/mol. The van der Waals surface area contributed by atoms with E-state index in [9.17, 15) is 25.2 Å². The molecule has 0 aromatic heterocycles. The van der Waals surface area contributed by atoms with Crippen molar-refractivity contribution < 1.29 is 30.0 Å². The first-order chi connectivity index (χ1) is 8.66. The van der Waals surface area contributed by atoms with Crippen molar-refractivity contribution in [2.24, 2.45) is 0 Å². The Hall–Kier alpha value is -1.47. The molecule has 0 aliphatic heterocycles. The van der Waals surface area contributed by atoms with E-state index in [0.29, 0.717) is 6.42 Å². The lowest BCUT2D eigenvalue weighted by molar-refractivity contribution is -0.327. The standard InChI is InChI=1S/C13H20O6/c1-5-8-10(9(4)6-2)12(15,16)13(17,18)11(14)19-7-3/h5,8,15-18H,1,4,6-7H2,2-3H3. The van der Waals surface area contributed by atoms with Crippen molar-refractivity contribution in [1.29, 1.82) is 0 Å². The molecule has 0 atom stereocenters. The van der Waals surface area contributed by atoms with Crippen LogP contribution in [0.25, 0.3) is 0 Å². The maximum Gasteiger partial charge on any atom is 0.372 e. The number of aliphatic hydroxyl groups is 4. The monoisotopic (exact) mass is 272 g/mol. The first-order valence-corrected chi connectivity index (χ1v) is 5.74. The van der Waals surface area contributed by atoms with Gasteiger partial charge in [0.25, 0.3) is 5.79 Å². The number of carbonyl (C=O) groups excluding carboxylic acids is 1. The number of carbonyl (C=O) groups is 1. The van der Waals surface area contributed by atoms with Gasteiger partial charge in [-0.2, -0.15) is 0 Å². The van der Waals surface area contributed by atoms with Crippen LogP contribution in [0.1, 0.15) is 20.3 Å². The summed E-state index contributed by atoms with van der Waals surface area (Å²) in [5.74, 6) is -8.35. The Morgan fingerprint density at radius 3 is 2.11 bits per heavy atom. The Morgan fingerprint density at radius 1 is 1.21 bits per heavy atom. The van der Waals surface area contributed by atoms with Crippen LogP contribution in [0.15, 0.2) is 36.5 Å². The average Bonchev–Trinajstić information content (AvgIpc) is 2.34. The molecule has 4 N–H and O–H groups in total. The van der Waals surface area contributed by atoms with E-state index in [1.807, 2.05) is 0 Å². The van der Waals surface area contributed by atoms with E-state index in [1.165, 1.54) is 13.0 Å². The minimum absolute atomic E-state index is 0.146. The van der Waals surface area contributed by atoms with Gasteiger partial charge in [0, 0.05) is 5.57 Å². The molecule has 0 aromatic rings. The zero-order valence-electron chi connectivity index (χ0n) is 11.1. The average molecular weight is 272 g/mol. The maximum atomic E-state index is 11.4. The first kappa shape index (κ1) is 17.5. The molecule has 0 fully saturated rings. The molecule has 6 nitrogen and oxygen atoms in total. The van der Waals surface area contributed by atoms with Gasteiger partial charge >= 0.3 is 11.8 Å². The van der Waals surface area contributed by atoms with Crippen LogP contribution in [0.5, 0.6) is 0 Å². The third-order valence-electron chi connectivity index (χ3n) is 2.51. The number of allylic oxidation sites excluding steroid dienone is 2. The van der Waals surface area contributed by atoms with Crippen molar-refractivity contribution in [2.45, 2.75) is 31.8 Å². The lowest BCUT2D eigenvalue weighted by Crippen LogP contribution is -2.61. The second kappa shape index (κ2) is 6.63. The van der Waals surface area contributed by atoms with Crippen LogP contribution >= 0.6 is 0 Å². The maximum absolute atomic E-state index is 11.4. The highest BCUT2D eigenvalue weighted by Crippen LogP contribution is 2.32. The molecule has 0 heterocycles. The number of rotatable bonds is 7. The molecule has 0 rings (SSSR count). The number of hydrogen-bond donors (Lipinski definition) is 4.